The highest BCUT2D eigenvalue weighted by molar-refractivity contribution is 5.90. The Kier molecular flexibility index (Phi) is 7.20. The van der Waals surface area contributed by atoms with Gasteiger partial charge in [0.2, 0.25) is 5.95 Å². The first-order chi connectivity index (χ1) is 15.6. The van der Waals surface area contributed by atoms with Crippen LogP contribution in [0.25, 0.3) is 11.0 Å². The fraction of sp³-hybridized carbons (Fsp3) is 0.500. The van der Waals surface area contributed by atoms with Gasteiger partial charge in [-0.3, -0.25) is 0 Å². The number of ether oxygens (including phenoxy) is 1. The van der Waals surface area contributed by atoms with Crippen LogP contribution in [0.2, 0.25) is 0 Å². The van der Waals surface area contributed by atoms with Crippen LogP contribution >= 0.6 is 0 Å². The minimum absolute atomic E-state index is 0.164. The molecule has 6 heteroatoms. The van der Waals surface area contributed by atoms with Gasteiger partial charge in [-0.05, 0) is 61.4 Å². The van der Waals surface area contributed by atoms with E-state index in [4.69, 9.17) is 14.7 Å². The Morgan fingerprint density at radius 3 is 2.66 bits per heavy atom. The van der Waals surface area contributed by atoms with Gasteiger partial charge in [-0.2, -0.15) is 9.97 Å². The van der Waals surface area contributed by atoms with Crippen LogP contribution in [0.5, 0.6) is 0 Å². The average molecular weight is 434 g/mol. The van der Waals surface area contributed by atoms with E-state index in [0.29, 0.717) is 18.5 Å². The van der Waals surface area contributed by atoms with Crippen LogP contribution in [0, 0.1) is 0 Å². The van der Waals surface area contributed by atoms with Gasteiger partial charge >= 0.3 is 0 Å². The van der Waals surface area contributed by atoms with E-state index in [1.54, 1.807) is 0 Å². The summed E-state index contributed by atoms with van der Waals surface area (Å²) in [5.74, 6) is 2.14. The molecule has 1 aliphatic heterocycles. The van der Waals surface area contributed by atoms with Crippen molar-refractivity contribution in [3.63, 3.8) is 0 Å². The SMILES string of the molecule is CCCC(CC)c1ccc(Nc2nc(N3CCO[C@H](C)C3)nc3ncc(CC)cc23)cc1. The molecule has 2 atom stereocenters. The van der Waals surface area contributed by atoms with E-state index in [0.717, 1.165) is 42.0 Å². The van der Waals surface area contributed by atoms with E-state index in [1.807, 2.05) is 6.20 Å². The minimum Gasteiger partial charge on any atom is -0.375 e. The molecule has 1 N–H and O–H groups in total. The number of pyridine rings is 1. The standard InChI is InChI=1S/C26H35N5O/c1-5-8-20(7-3)21-9-11-22(12-10-21)28-25-23-15-19(6-2)16-27-24(23)29-26(30-25)31-13-14-32-18(4)17-31/h9-12,15-16,18,20H,5-8,13-14,17H2,1-4H3,(H,27,28,29,30)/t18-,20?/m1/s1. The van der Waals surface area contributed by atoms with E-state index < -0.39 is 0 Å². The minimum atomic E-state index is 0.164. The van der Waals surface area contributed by atoms with E-state index in [2.05, 4.69) is 73.2 Å². The van der Waals surface area contributed by atoms with Gasteiger partial charge in [-0.25, -0.2) is 4.98 Å². The number of rotatable bonds is 8. The van der Waals surface area contributed by atoms with E-state index >= 15 is 0 Å². The Morgan fingerprint density at radius 1 is 1.16 bits per heavy atom. The molecule has 2 aromatic heterocycles. The lowest BCUT2D eigenvalue weighted by Crippen LogP contribution is -2.42. The highest BCUT2D eigenvalue weighted by Gasteiger charge is 2.21. The van der Waals surface area contributed by atoms with E-state index in [1.165, 1.54) is 30.4 Å². The zero-order chi connectivity index (χ0) is 22.5. The van der Waals surface area contributed by atoms with Crippen LogP contribution in [-0.4, -0.2) is 40.8 Å². The average Bonchev–Trinajstić information content (AvgIpc) is 2.82. The maximum absolute atomic E-state index is 5.70. The third kappa shape index (κ3) is 5.01. The molecule has 0 amide bonds. The van der Waals surface area contributed by atoms with Gasteiger partial charge in [0.05, 0.1) is 18.1 Å². The number of anilines is 3. The van der Waals surface area contributed by atoms with Crippen LogP contribution in [0.3, 0.4) is 0 Å². The van der Waals surface area contributed by atoms with Crippen LogP contribution in [0.1, 0.15) is 64.0 Å². The number of aromatic nitrogens is 3. The van der Waals surface area contributed by atoms with Crippen LogP contribution in [0.15, 0.2) is 36.5 Å². The van der Waals surface area contributed by atoms with Crippen molar-refractivity contribution in [2.24, 2.45) is 0 Å². The van der Waals surface area contributed by atoms with Gasteiger partial charge in [0, 0.05) is 25.0 Å². The summed E-state index contributed by atoms with van der Waals surface area (Å²) in [7, 11) is 0. The number of nitrogens with one attached hydrogen (secondary N) is 1. The molecule has 0 spiro atoms. The van der Waals surface area contributed by atoms with Crippen molar-refractivity contribution >= 4 is 28.5 Å². The van der Waals surface area contributed by atoms with Gasteiger partial charge in [-0.1, -0.05) is 39.3 Å². The number of benzene rings is 1. The molecule has 3 heterocycles. The second-order valence-electron chi connectivity index (χ2n) is 8.71. The number of aryl methyl sites for hydroxylation is 1. The fourth-order valence-electron chi connectivity index (χ4n) is 4.40. The molecule has 1 fully saturated rings. The molecular formula is C26H35N5O. The summed E-state index contributed by atoms with van der Waals surface area (Å²) in [5, 5.41) is 4.51. The van der Waals surface area contributed by atoms with Crippen molar-refractivity contribution in [2.75, 3.05) is 29.9 Å². The van der Waals surface area contributed by atoms with E-state index in [-0.39, 0.29) is 6.10 Å². The summed E-state index contributed by atoms with van der Waals surface area (Å²) < 4.78 is 5.70. The molecule has 0 saturated carbocycles. The summed E-state index contributed by atoms with van der Waals surface area (Å²) >= 11 is 0. The van der Waals surface area contributed by atoms with Crippen molar-refractivity contribution in [3.8, 4) is 0 Å². The molecule has 1 saturated heterocycles. The Labute approximate surface area is 191 Å². The largest absolute Gasteiger partial charge is 0.375 e. The first-order valence-electron chi connectivity index (χ1n) is 12.0. The topological polar surface area (TPSA) is 63.2 Å². The molecule has 0 radical (unpaired) electrons. The molecule has 32 heavy (non-hydrogen) atoms. The third-order valence-electron chi connectivity index (χ3n) is 6.30. The quantitative estimate of drug-likeness (QED) is 0.481. The van der Waals surface area contributed by atoms with Crippen molar-refractivity contribution in [1.82, 2.24) is 15.0 Å². The number of morpholine rings is 1. The number of fused-ring (bicyclic) bond motifs is 1. The summed E-state index contributed by atoms with van der Waals surface area (Å²) in [6.07, 6.45) is 6.61. The smallest absolute Gasteiger partial charge is 0.229 e. The summed E-state index contributed by atoms with van der Waals surface area (Å²) in [6.45, 7) is 11.0. The van der Waals surface area contributed by atoms with Crippen LogP contribution in [-0.2, 0) is 11.2 Å². The Morgan fingerprint density at radius 2 is 1.97 bits per heavy atom. The highest BCUT2D eigenvalue weighted by atomic mass is 16.5. The highest BCUT2D eigenvalue weighted by Crippen LogP contribution is 2.29. The molecule has 1 aromatic carbocycles. The fourth-order valence-corrected chi connectivity index (χ4v) is 4.40. The van der Waals surface area contributed by atoms with Gasteiger partial charge in [0.1, 0.15) is 5.82 Å². The lowest BCUT2D eigenvalue weighted by atomic mass is 9.92. The van der Waals surface area contributed by atoms with Crippen LogP contribution < -0.4 is 10.2 Å². The Hall–Kier alpha value is -2.73. The number of hydrogen-bond donors (Lipinski definition) is 1. The third-order valence-corrected chi connectivity index (χ3v) is 6.30. The first-order valence-corrected chi connectivity index (χ1v) is 12.0. The molecule has 6 nitrogen and oxygen atoms in total. The summed E-state index contributed by atoms with van der Waals surface area (Å²) in [6, 6.07) is 11.0. The van der Waals surface area contributed by atoms with Gasteiger partial charge in [0.25, 0.3) is 0 Å². The molecule has 4 rings (SSSR count). The number of hydrogen-bond acceptors (Lipinski definition) is 6. The molecule has 1 aliphatic rings. The monoisotopic (exact) mass is 433 g/mol. The predicted octanol–water partition coefficient (Wildman–Crippen LogP) is 5.85. The van der Waals surface area contributed by atoms with Crippen molar-refractivity contribution in [2.45, 2.75) is 65.4 Å². The molecule has 170 valence electrons. The lowest BCUT2D eigenvalue weighted by Gasteiger charge is -2.31. The summed E-state index contributed by atoms with van der Waals surface area (Å²) in [5.41, 5.74) is 4.34. The van der Waals surface area contributed by atoms with Crippen molar-refractivity contribution in [3.05, 3.63) is 47.7 Å². The number of nitrogens with zero attached hydrogens (tertiary/aromatic N) is 4. The molecule has 0 aliphatic carbocycles. The van der Waals surface area contributed by atoms with Gasteiger partial charge in [0.15, 0.2) is 5.65 Å². The second kappa shape index (κ2) is 10.3. The van der Waals surface area contributed by atoms with Crippen molar-refractivity contribution < 1.29 is 4.74 Å². The summed E-state index contributed by atoms with van der Waals surface area (Å²) in [4.78, 5) is 16.6. The molecular weight excluding hydrogens is 398 g/mol. The van der Waals surface area contributed by atoms with Gasteiger partial charge < -0.3 is 15.0 Å². The lowest BCUT2D eigenvalue weighted by molar-refractivity contribution is 0.0526. The van der Waals surface area contributed by atoms with E-state index in [9.17, 15) is 0 Å². The normalized spacial score (nSPS) is 17.5. The molecule has 3 aromatic rings. The maximum atomic E-state index is 5.70. The zero-order valence-electron chi connectivity index (χ0n) is 19.8. The van der Waals surface area contributed by atoms with Crippen LogP contribution in [0.4, 0.5) is 17.5 Å². The predicted molar refractivity (Wildman–Crippen MR) is 132 cm³/mol. The maximum Gasteiger partial charge on any atom is 0.229 e. The first kappa shape index (κ1) is 22.5. The Balaban J connectivity index is 1.68. The second-order valence-corrected chi connectivity index (χ2v) is 8.71. The molecule has 1 unspecified atom stereocenters. The Bertz CT molecular complexity index is 1040. The molecule has 0 bridgehead atoms. The zero-order valence-corrected chi connectivity index (χ0v) is 19.8. The van der Waals surface area contributed by atoms with Gasteiger partial charge in [-0.15, -0.1) is 0 Å². The van der Waals surface area contributed by atoms with Crippen molar-refractivity contribution in [1.29, 1.82) is 0 Å².